The van der Waals surface area contributed by atoms with E-state index in [1.54, 1.807) is 22.9 Å². The van der Waals surface area contributed by atoms with Gasteiger partial charge in [0.1, 0.15) is 5.52 Å². The maximum Gasteiger partial charge on any atom is 0.435 e. The molecule has 0 aliphatic carbocycles. The van der Waals surface area contributed by atoms with Gasteiger partial charge in [-0.3, -0.25) is 9.36 Å². The first-order valence-electron chi connectivity index (χ1n) is 8.65. The smallest absolute Gasteiger partial charge is 0.435 e. The monoisotopic (exact) mass is 438 g/mol. The Hall–Kier alpha value is -3.34. The molecule has 1 aromatic carbocycles. The molecule has 0 aliphatic rings. The lowest BCUT2D eigenvalue weighted by molar-refractivity contribution is -0.141. The summed E-state index contributed by atoms with van der Waals surface area (Å²) in [6.45, 7) is 0.377. The lowest BCUT2D eigenvalue weighted by Crippen LogP contribution is -2.12. The molecule has 0 aliphatic heterocycles. The highest BCUT2D eigenvalue weighted by molar-refractivity contribution is 6.30. The lowest BCUT2D eigenvalue weighted by Gasteiger charge is -2.09. The van der Waals surface area contributed by atoms with Crippen molar-refractivity contribution in [1.29, 1.82) is 0 Å². The molecule has 0 radical (unpaired) electrons. The second-order valence-corrected chi connectivity index (χ2v) is 6.57. The van der Waals surface area contributed by atoms with E-state index >= 15 is 0 Å². The van der Waals surface area contributed by atoms with Crippen LogP contribution < -0.4 is 9.47 Å². The summed E-state index contributed by atoms with van der Waals surface area (Å²) < 4.78 is 52.2. The second-order valence-electron chi connectivity index (χ2n) is 6.13. The summed E-state index contributed by atoms with van der Waals surface area (Å²) in [5.74, 6) is 0.756. The Morgan fingerprint density at radius 1 is 1.07 bits per heavy atom. The van der Waals surface area contributed by atoms with Gasteiger partial charge in [-0.25, -0.2) is 9.97 Å². The Labute approximate surface area is 172 Å². The maximum absolute atomic E-state index is 12.8. The third-order valence-electron chi connectivity index (χ3n) is 4.16. The van der Waals surface area contributed by atoms with Gasteiger partial charge >= 0.3 is 12.2 Å². The molecule has 3 aromatic heterocycles. The fraction of sp³-hybridized carbons (Fsp3) is 0.222. The number of rotatable bonds is 6. The van der Waals surface area contributed by atoms with Crippen LogP contribution in [0.2, 0.25) is 5.02 Å². The highest BCUT2D eigenvalue weighted by atomic mass is 35.5. The van der Waals surface area contributed by atoms with Crippen LogP contribution in [0.3, 0.4) is 0 Å². The van der Waals surface area contributed by atoms with Crippen molar-refractivity contribution in [1.82, 2.24) is 29.5 Å². The van der Waals surface area contributed by atoms with E-state index in [9.17, 15) is 13.2 Å². The molecule has 0 atom stereocenters. The number of halogens is 4. The van der Waals surface area contributed by atoms with Crippen molar-refractivity contribution in [3.05, 3.63) is 53.6 Å². The van der Waals surface area contributed by atoms with E-state index < -0.39 is 11.9 Å². The van der Waals surface area contributed by atoms with Gasteiger partial charge in [0, 0.05) is 6.20 Å². The summed E-state index contributed by atoms with van der Waals surface area (Å²) in [5, 5.41) is 8.97. The number of nitrogens with zero attached hydrogens (tertiary/aromatic N) is 6. The van der Waals surface area contributed by atoms with Gasteiger partial charge in [-0.1, -0.05) is 17.7 Å². The molecule has 0 amide bonds. The van der Waals surface area contributed by atoms with Crippen molar-refractivity contribution in [2.75, 3.05) is 7.11 Å². The Bertz CT molecular complexity index is 1170. The van der Waals surface area contributed by atoms with Crippen molar-refractivity contribution in [3.8, 4) is 17.6 Å². The van der Waals surface area contributed by atoms with Crippen LogP contribution in [0.1, 0.15) is 5.69 Å². The van der Waals surface area contributed by atoms with Crippen LogP contribution in [0.25, 0.3) is 10.9 Å². The summed E-state index contributed by atoms with van der Waals surface area (Å²) in [5.41, 5.74) is -0.370. The van der Waals surface area contributed by atoms with E-state index in [0.717, 1.165) is 6.07 Å². The largest absolute Gasteiger partial charge is 0.479 e. The predicted octanol–water partition coefficient (Wildman–Crippen LogP) is 4.20. The summed E-state index contributed by atoms with van der Waals surface area (Å²) >= 11 is 5.80. The summed E-state index contributed by atoms with van der Waals surface area (Å²) in [7, 11) is 1.48. The Kier molecular flexibility index (Phi) is 5.20. The summed E-state index contributed by atoms with van der Waals surface area (Å²) in [6.07, 6.45) is -0.424. The van der Waals surface area contributed by atoms with E-state index in [0.29, 0.717) is 27.6 Å². The van der Waals surface area contributed by atoms with Gasteiger partial charge in [-0.05, 0) is 18.2 Å². The van der Waals surface area contributed by atoms with Crippen LogP contribution in [0, 0.1) is 0 Å². The number of ether oxygens (including phenoxy) is 2. The SMILES string of the molecule is COc1nn(CCn2ccc(C(F)(F)F)n2)c2c(Oc3ncc(Cl)cn3)cccc12. The fourth-order valence-corrected chi connectivity index (χ4v) is 2.95. The number of methoxy groups -OCH3 is 1. The third kappa shape index (κ3) is 4.01. The molecule has 3 heterocycles. The van der Waals surface area contributed by atoms with E-state index in [1.807, 2.05) is 0 Å². The Morgan fingerprint density at radius 3 is 2.50 bits per heavy atom. The number of fused-ring (bicyclic) bond motifs is 1. The first-order chi connectivity index (χ1) is 14.3. The molecule has 0 bridgehead atoms. The molecule has 4 rings (SSSR count). The van der Waals surface area contributed by atoms with Crippen LogP contribution in [0.4, 0.5) is 13.2 Å². The molecular formula is C18H14ClF3N6O2. The van der Waals surface area contributed by atoms with E-state index in [1.165, 1.54) is 30.4 Å². The third-order valence-corrected chi connectivity index (χ3v) is 4.36. The van der Waals surface area contributed by atoms with Crippen molar-refractivity contribution in [2.24, 2.45) is 0 Å². The maximum atomic E-state index is 12.8. The van der Waals surface area contributed by atoms with Crippen molar-refractivity contribution in [2.45, 2.75) is 19.3 Å². The molecule has 0 N–H and O–H groups in total. The second kappa shape index (κ2) is 7.82. The molecule has 4 aromatic rings. The Balaban J connectivity index is 1.65. The average molecular weight is 439 g/mol. The molecule has 30 heavy (non-hydrogen) atoms. The molecule has 0 fully saturated rings. The van der Waals surface area contributed by atoms with Crippen LogP contribution >= 0.6 is 11.6 Å². The minimum Gasteiger partial charge on any atom is -0.479 e. The zero-order chi connectivity index (χ0) is 21.3. The van der Waals surface area contributed by atoms with Crippen LogP contribution in [-0.2, 0) is 19.3 Å². The van der Waals surface area contributed by atoms with Gasteiger partial charge in [-0.15, -0.1) is 5.10 Å². The zero-order valence-electron chi connectivity index (χ0n) is 15.5. The minimum atomic E-state index is -4.49. The highest BCUT2D eigenvalue weighted by Crippen LogP contribution is 2.34. The van der Waals surface area contributed by atoms with Gasteiger partial charge in [0.25, 0.3) is 0 Å². The summed E-state index contributed by atoms with van der Waals surface area (Å²) in [6, 6.07) is 6.26. The van der Waals surface area contributed by atoms with Gasteiger partial charge < -0.3 is 9.47 Å². The average Bonchev–Trinajstić information content (AvgIpc) is 3.33. The number of alkyl halides is 3. The van der Waals surface area contributed by atoms with E-state index in [-0.39, 0.29) is 19.1 Å². The van der Waals surface area contributed by atoms with Gasteiger partial charge in [-0.2, -0.15) is 18.3 Å². The molecule has 156 valence electrons. The molecule has 12 heteroatoms. The van der Waals surface area contributed by atoms with Crippen LogP contribution in [0.5, 0.6) is 17.6 Å². The number of benzene rings is 1. The van der Waals surface area contributed by atoms with Crippen LogP contribution in [-0.4, -0.2) is 36.6 Å². The summed E-state index contributed by atoms with van der Waals surface area (Å²) in [4.78, 5) is 8.02. The number of hydrogen-bond acceptors (Lipinski definition) is 6. The normalized spacial score (nSPS) is 11.8. The quantitative estimate of drug-likeness (QED) is 0.449. The van der Waals surface area contributed by atoms with Crippen molar-refractivity contribution >= 4 is 22.5 Å². The van der Waals surface area contributed by atoms with Crippen molar-refractivity contribution < 1.29 is 22.6 Å². The first-order valence-corrected chi connectivity index (χ1v) is 9.02. The molecule has 0 saturated carbocycles. The first kappa shape index (κ1) is 20.0. The Morgan fingerprint density at radius 2 is 1.83 bits per heavy atom. The van der Waals surface area contributed by atoms with Gasteiger partial charge in [0.2, 0.25) is 5.88 Å². The molecule has 0 spiro atoms. The zero-order valence-corrected chi connectivity index (χ0v) is 16.2. The number of para-hydroxylation sites is 1. The van der Waals surface area contributed by atoms with Gasteiger partial charge in [0.15, 0.2) is 11.4 Å². The molecule has 8 nitrogen and oxygen atoms in total. The number of aryl methyl sites for hydroxylation is 2. The minimum absolute atomic E-state index is 0.0838. The van der Waals surface area contributed by atoms with Crippen molar-refractivity contribution in [3.63, 3.8) is 0 Å². The topological polar surface area (TPSA) is 79.9 Å². The van der Waals surface area contributed by atoms with E-state index in [4.69, 9.17) is 21.1 Å². The molecule has 0 unspecified atom stereocenters. The van der Waals surface area contributed by atoms with Crippen LogP contribution in [0.15, 0.2) is 42.9 Å². The fourth-order valence-electron chi connectivity index (χ4n) is 2.86. The standard InChI is InChI=1S/C18H14ClF3N6O2/c1-29-16-12-3-2-4-13(30-17-23-9-11(19)10-24-17)15(12)28(26-16)8-7-27-6-5-14(25-27)18(20,21)22/h2-6,9-10H,7-8H2,1H3. The molecule has 0 saturated heterocycles. The number of hydrogen-bond donors (Lipinski definition) is 0. The highest BCUT2D eigenvalue weighted by Gasteiger charge is 2.33. The molecular weight excluding hydrogens is 425 g/mol. The van der Waals surface area contributed by atoms with E-state index in [2.05, 4.69) is 20.2 Å². The van der Waals surface area contributed by atoms with Gasteiger partial charge in [0.05, 0.1) is 43.0 Å². The predicted molar refractivity (Wildman–Crippen MR) is 101 cm³/mol. The number of aromatic nitrogens is 6. The lowest BCUT2D eigenvalue weighted by atomic mass is 10.2.